The fourth-order valence-corrected chi connectivity index (χ4v) is 2.99. The van der Waals surface area contributed by atoms with Gasteiger partial charge in [-0.3, -0.25) is 15.6 Å². The highest BCUT2D eigenvalue weighted by molar-refractivity contribution is 5.95. The Balaban J connectivity index is 0.000000628. The van der Waals surface area contributed by atoms with Crippen LogP contribution in [0.25, 0.3) is 28.0 Å². The number of aromatic nitrogens is 2. The van der Waals surface area contributed by atoms with E-state index in [-0.39, 0.29) is 11.7 Å². The first kappa shape index (κ1) is 21.3. The highest BCUT2D eigenvalue weighted by Gasteiger charge is 2.08. The van der Waals surface area contributed by atoms with Crippen LogP contribution in [0, 0.1) is 10.8 Å². The topological polar surface area (TPSA) is 154 Å². The molecule has 0 aliphatic rings. The van der Waals surface area contributed by atoms with Crippen molar-refractivity contribution >= 4 is 23.3 Å². The number of nitrogens with zero attached hydrogens (tertiary/aromatic N) is 2. The summed E-state index contributed by atoms with van der Waals surface area (Å²) in [4.78, 5) is 13.7. The third-order valence-corrected chi connectivity index (χ3v) is 4.45. The number of nitrogens with two attached hydrogens (primary N) is 2. The second-order valence-corrected chi connectivity index (χ2v) is 6.81. The van der Waals surface area contributed by atoms with Crippen LogP contribution < -0.4 is 11.5 Å². The largest absolute Gasteiger partial charge is 0.481 e. The SMILES string of the molecule is CC(=O)O.N=C(N)c1ccc(-c2cccc(-c3cn4cc(C(=N)N)ccc4n3)c2)cc1. The minimum atomic E-state index is -0.833. The number of carboxylic acid groups (broad SMARTS) is 1. The van der Waals surface area contributed by atoms with Crippen LogP contribution in [0.2, 0.25) is 0 Å². The number of hydrogen-bond donors (Lipinski definition) is 5. The summed E-state index contributed by atoms with van der Waals surface area (Å²) >= 11 is 0. The minimum absolute atomic E-state index is 0.0307. The maximum atomic E-state index is 9.00. The summed E-state index contributed by atoms with van der Waals surface area (Å²) < 4.78 is 1.88. The molecule has 0 fully saturated rings. The van der Waals surface area contributed by atoms with Gasteiger partial charge in [-0.15, -0.1) is 0 Å². The van der Waals surface area contributed by atoms with Crippen LogP contribution in [0.15, 0.2) is 73.1 Å². The van der Waals surface area contributed by atoms with Gasteiger partial charge in [-0.25, -0.2) is 4.98 Å². The molecule has 0 aliphatic carbocycles. The molecule has 2 heterocycles. The number of carboxylic acids is 1. The van der Waals surface area contributed by atoms with Gasteiger partial charge in [0.15, 0.2) is 0 Å². The van der Waals surface area contributed by atoms with Crippen molar-refractivity contribution in [3.8, 4) is 22.4 Å². The van der Waals surface area contributed by atoms with Crippen LogP contribution in [0.5, 0.6) is 0 Å². The summed E-state index contributed by atoms with van der Waals surface area (Å²) in [7, 11) is 0. The number of rotatable bonds is 4. The van der Waals surface area contributed by atoms with Gasteiger partial charge < -0.3 is 21.0 Å². The van der Waals surface area contributed by atoms with Gasteiger partial charge in [0.2, 0.25) is 0 Å². The first-order valence-corrected chi connectivity index (χ1v) is 9.32. The number of nitrogen functional groups attached to an aromatic ring is 2. The zero-order valence-corrected chi connectivity index (χ0v) is 16.8. The van der Waals surface area contributed by atoms with Gasteiger partial charge >= 0.3 is 0 Å². The van der Waals surface area contributed by atoms with Gasteiger partial charge in [0.05, 0.1) is 5.69 Å². The molecular formula is C23H22N6O2. The standard InChI is InChI=1S/C21H18N6.C2H4O2/c22-20(23)14-6-4-13(5-7-14)15-2-1-3-16(10-15)18-12-27-11-17(21(24)25)8-9-19(27)26-18;1-2(3)4/h1-12H,(H3,22,23)(H3,24,25);1H3,(H,3,4). The number of hydrogen-bond acceptors (Lipinski definition) is 4. The summed E-state index contributed by atoms with van der Waals surface area (Å²) in [5.41, 5.74) is 17.2. The number of imidazole rings is 1. The van der Waals surface area contributed by atoms with E-state index in [9.17, 15) is 0 Å². The van der Waals surface area contributed by atoms with Crippen molar-refractivity contribution in [2.75, 3.05) is 0 Å². The van der Waals surface area contributed by atoms with Crippen LogP contribution in [0.1, 0.15) is 18.1 Å². The fourth-order valence-electron chi connectivity index (χ4n) is 2.99. The van der Waals surface area contributed by atoms with E-state index >= 15 is 0 Å². The molecule has 0 aliphatic heterocycles. The summed E-state index contributed by atoms with van der Waals surface area (Å²) in [5.74, 6) is -0.743. The third-order valence-electron chi connectivity index (χ3n) is 4.45. The van der Waals surface area contributed by atoms with E-state index in [1.54, 1.807) is 12.3 Å². The van der Waals surface area contributed by atoms with E-state index < -0.39 is 5.97 Å². The number of carbonyl (C=O) groups is 1. The highest BCUT2D eigenvalue weighted by atomic mass is 16.4. The molecule has 0 saturated carbocycles. The first-order chi connectivity index (χ1) is 14.7. The molecule has 4 rings (SSSR count). The van der Waals surface area contributed by atoms with Crippen LogP contribution in [0.4, 0.5) is 0 Å². The van der Waals surface area contributed by atoms with Crippen molar-refractivity contribution in [2.45, 2.75) is 6.92 Å². The molecule has 2 aromatic carbocycles. The molecule has 31 heavy (non-hydrogen) atoms. The summed E-state index contributed by atoms with van der Waals surface area (Å²) in [5, 5.41) is 22.5. The Morgan fingerprint density at radius 2 is 1.45 bits per heavy atom. The Kier molecular flexibility index (Phi) is 6.11. The predicted molar refractivity (Wildman–Crippen MR) is 121 cm³/mol. The maximum Gasteiger partial charge on any atom is 0.300 e. The number of nitrogens with one attached hydrogen (secondary N) is 2. The molecule has 156 valence electrons. The van der Waals surface area contributed by atoms with Gasteiger partial charge in [-0.2, -0.15) is 0 Å². The average molecular weight is 414 g/mol. The van der Waals surface area contributed by atoms with Gasteiger partial charge in [-0.1, -0.05) is 42.5 Å². The Morgan fingerprint density at radius 3 is 2.06 bits per heavy atom. The molecule has 2 aromatic heterocycles. The first-order valence-electron chi connectivity index (χ1n) is 9.32. The van der Waals surface area contributed by atoms with Crippen LogP contribution in [-0.4, -0.2) is 32.1 Å². The van der Waals surface area contributed by atoms with Gasteiger partial charge in [0.25, 0.3) is 5.97 Å². The highest BCUT2D eigenvalue weighted by Crippen LogP contribution is 2.26. The Hall–Kier alpha value is -4.46. The average Bonchev–Trinajstić information content (AvgIpc) is 3.17. The lowest BCUT2D eigenvalue weighted by atomic mass is 10.0. The zero-order valence-electron chi connectivity index (χ0n) is 16.8. The van der Waals surface area contributed by atoms with E-state index in [1.165, 1.54) is 0 Å². The molecule has 0 atom stereocenters. The lowest BCUT2D eigenvalue weighted by molar-refractivity contribution is -0.134. The monoisotopic (exact) mass is 414 g/mol. The molecule has 0 spiro atoms. The number of aliphatic carboxylic acids is 1. The van der Waals surface area contributed by atoms with Crippen molar-refractivity contribution in [1.82, 2.24) is 9.38 Å². The zero-order chi connectivity index (χ0) is 22.5. The molecule has 8 heteroatoms. The van der Waals surface area contributed by atoms with Crippen LogP contribution in [-0.2, 0) is 4.79 Å². The van der Waals surface area contributed by atoms with Crippen molar-refractivity contribution < 1.29 is 9.90 Å². The molecule has 8 nitrogen and oxygen atoms in total. The van der Waals surface area contributed by atoms with Gasteiger partial charge in [-0.05, 0) is 29.3 Å². The molecule has 7 N–H and O–H groups in total. The van der Waals surface area contributed by atoms with E-state index in [1.807, 2.05) is 59.1 Å². The Bertz CT molecular complexity index is 1270. The van der Waals surface area contributed by atoms with E-state index in [0.29, 0.717) is 11.1 Å². The molecular weight excluding hydrogens is 392 g/mol. The molecule has 4 aromatic rings. The Morgan fingerprint density at radius 1 is 0.871 bits per heavy atom. The molecule has 0 amide bonds. The summed E-state index contributed by atoms with van der Waals surface area (Å²) in [6, 6.07) is 19.4. The third kappa shape index (κ3) is 5.13. The maximum absolute atomic E-state index is 9.00. The van der Waals surface area contributed by atoms with Gasteiger partial charge in [0.1, 0.15) is 17.3 Å². The Labute approximate surface area is 178 Å². The minimum Gasteiger partial charge on any atom is -0.481 e. The van der Waals surface area contributed by atoms with Crippen molar-refractivity contribution in [3.05, 3.63) is 84.2 Å². The second kappa shape index (κ2) is 8.91. The lowest BCUT2D eigenvalue weighted by Crippen LogP contribution is -2.11. The smallest absolute Gasteiger partial charge is 0.300 e. The van der Waals surface area contributed by atoms with Gasteiger partial charge in [0, 0.05) is 36.0 Å². The van der Waals surface area contributed by atoms with Crippen molar-refractivity contribution in [1.29, 1.82) is 10.8 Å². The van der Waals surface area contributed by atoms with Crippen LogP contribution >= 0.6 is 0 Å². The molecule has 0 radical (unpaired) electrons. The number of amidine groups is 2. The number of fused-ring (bicyclic) bond motifs is 1. The fraction of sp³-hybridized carbons (Fsp3) is 0.0435. The quantitative estimate of drug-likeness (QED) is 0.256. The normalized spacial score (nSPS) is 10.2. The lowest BCUT2D eigenvalue weighted by Gasteiger charge is -2.05. The predicted octanol–water partition coefficient (Wildman–Crippen LogP) is 3.33. The van der Waals surface area contributed by atoms with E-state index in [2.05, 4.69) is 11.1 Å². The van der Waals surface area contributed by atoms with E-state index in [4.69, 9.17) is 32.2 Å². The molecule has 0 saturated heterocycles. The summed E-state index contributed by atoms with van der Waals surface area (Å²) in [6.07, 6.45) is 3.73. The van der Waals surface area contributed by atoms with Crippen molar-refractivity contribution in [3.63, 3.8) is 0 Å². The molecule has 0 bridgehead atoms. The molecule has 0 unspecified atom stereocenters. The van der Waals surface area contributed by atoms with E-state index in [0.717, 1.165) is 35.0 Å². The number of pyridine rings is 1. The second-order valence-electron chi connectivity index (χ2n) is 6.81. The van der Waals surface area contributed by atoms with Crippen LogP contribution in [0.3, 0.4) is 0 Å². The van der Waals surface area contributed by atoms with Crippen molar-refractivity contribution in [2.24, 2.45) is 11.5 Å². The summed E-state index contributed by atoms with van der Waals surface area (Å²) in [6.45, 7) is 1.08. The number of benzene rings is 2.